The maximum atomic E-state index is 13.3. The average Bonchev–Trinajstić information content (AvgIpc) is 2.47. The largest absolute Gasteiger partial charge is 0.466 e. The zero-order chi connectivity index (χ0) is 15.5. The molecule has 0 saturated carbocycles. The van der Waals surface area contributed by atoms with Crippen molar-refractivity contribution in [2.24, 2.45) is 0 Å². The van der Waals surface area contributed by atoms with E-state index in [2.05, 4.69) is 4.74 Å². The lowest BCUT2D eigenvalue weighted by atomic mass is 10.2. The number of hydrogen-bond acceptors (Lipinski definition) is 5. The zero-order valence-electron chi connectivity index (χ0n) is 12.2. The summed E-state index contributed by atoms with van der Waals surface area (Å²) in [6.45, 7) is 3.96. The van der Waals surface area contributed by atoms with Gasteiger partial charge in [-0.1, -0.05) is 11.6 Å². The summed E-state index contributed by atoms with van der Waals surface area (Å²) < 4.78 is 28.8. The molecule has 6 heteroatoms. The Hall–Kier alpha value is -1.84. The first-order chi connectivity index (χ1) is 10.0. The molecule has 5 nitrogen and oxygen atoms in total. The fourth-order valence-corrected chi connectivity index (χ4v) is 4.16. The Morgan fingerprint density at radius 2 is 2.19 bits per heavy atom. The summed E-state index contributed by atoms with van der Waals surface area (Å²) >= 11 is 0. The van der Waals surface area contributed by atoms with Gasteiger partial charge in [0.2, 0.25) is 0 Å². The van der Waals surface area contributed by atoms with E-state index in [0.29, 0.717) is 16.4 Å². The number of fused-ring (bicyclic) bond motifs is 1. The summed E-state index contributed by atoms with van der Waals surface area (Å²) in [7, 11) is -1.99. The molecule has 0 saturated heterocycles. The van der Waals surface area contributed by atoms with Crippen LogP contribution in [0.15, 0.2) is 41.9 Å². The number of esters is 1. The van der Waals surface area contributed by atoms with Crippen LogP contribution < -0.4 is 10.0 Å². The van der Waals surface area contributed by atoms with Gasteiger partial charge in [-0.3, -0.25) is 4.57 Å². The number of ether oxygens (including phenoxy) is 2. The average molecular weight is 308 g/mol. The van der Waals surface area contributed by atoms with E-state index in [9.17, 15) is 9.36 Å². The minimum absolute atomic E-state index is 0.286. The maximum Gasteiger partial charge on any atom is 0.330 e. The van der Waals surface area contributed by atoms with Crippen molar-refractivity contribution in [1.82, 2.24) is 0 Å². The standard InChI is InChI=1S/C15H17O5P/c1-4-20-21(17)12(6-8-15(16)18-3)10-19-13-7-5-11(2)9-14(13)21/h5-10H,4H2,1-3H3/b8-6+. The molecule has 112 valence electrons. The monoisotopic (exact) mass is 308 g/mol. The van der Waals surface area contributed by atoms with Gasteiger partial charge in [-0.2, -0.15) is 0 Å². The first-order valence-electron chi connectivity index (χ1n) is 6.50. The predicted molar refractivity (Wildman–Crippen MR) is 79.9 cm³/mol. The van der Waals surface area contributed by atoms with Crippen LogP contribution >= 0.6 is 7.37 Å². The molecule has 0 aliphatic carbocycles. The molecule has 0 aromatic heterocycles. The molecule has 1 aliphatic rings. The van der Waals surface area contributed by atoms with Gasteiger partial charge in [0, 0.05) is 6.08 Å². The number of carbonyl (C=O) groups excluding carboxylic acids is 1. The third kappa shape index (κ3) is 3.09. The molecule has 2 rings (SSSR count). The molecular weight excluding hydrogens is 291 g/mol. The lowest BCUT2D eigenvalue weighted by Gasteiger charge is -2.25. The highest BCUT2D eigenvalue weighted by Gasteiger charge is 2.36. The van der Waals surface area contributed by atoms with Crippen LogP contribution in [0.3, 0.4) is 0 Å². The molecule has 1 heterocycles. The lowest BCUT2D eigenvalue weighted by Crippen LogP contribution is -2.17. The number of methoxy groups -OCH3 is 1. The fraction of sp³-hybridized carbons (Fsp3) is 0.267. The Balaban J connectivity index is 2.48. The molecule has 1 atom stereocenters. The van der Waals surface area contributed by atoms with Crippen LogP contribution in [-0.4, -0.2) is 19.7 Å². The molecule has 21 heavy (non-hydrogen) atoms. The summed E-state index contributed by atoms with van der Waals surface area (Å²) in [4.78, 5) is 11.2. The van der Waals surface area contributed by atoms with Crippen LogP contribution in [-0.2, 0) is 18.6 Å². The van der Waals surface area contributed by atoms with E-state index in [1.165, 1.54) is 25.5 Å². The second kappa shape index (κ2) is 6.29. The van der Waals surface area contributed by atoms with Crippen LogP contribution in [0, 0.1) is 6.92 Å². The van der Waals surface area contributed by atoms with Crippen molar-refractivity contribution in [3.8, 4) is 5.75 Å². The molecule has 1 unspecified atom stereocenters. The quantitative estimate of drug-likeness (QED) is 0.486. The zero-order valence-corrected chi connectivity index (χ0v) is 13.1. The Morgan fingerprint density at radius 3 is 2.86 bits per heavy atom. The smallest absolute Gasteiger partial charge is 0.330 e. The summed E-state index contributed by atoms with van der Waals surface area (Å²) in [5.41, 5.74) is 0.954. The van der Waals surface area contributed by atoms with Gasteiger partial charge in [0.1, 0.15) is 12.0 Å². The molecule has 1 aromatic rings. The molecule has 1 aliphatic heterocycles. The first-order valence-corrected chi connectivity index (χ1v) is 8.13. The molecule has 0 spiro atoms. The van der Waals surface area contributed by atoms with Crippen molar-refractivity contribution in [2.45, 2.75) is 13.8 Å². The summed E-state index contributed by atoms with van der Waals surface area (Å²) in [5.74, 6) is -0.0263. The minimum atomic E-state index is -3.27. The van der Waals surface area contributed by atoms with E-state index in [4.69, 9.17) is 9.26 Å². The van der Waals surface area contributed by atoms with Crippen LogP contribution in [0.1, 0.15) is 12.5 Å². The van der Waals surface area contributed by atoms with E-state index >= 15 is 0 Å². The molecular formula is C15H17O5P. The van der Waals surface area contributed by atoms with Crippen molar-refractivity contribution in [2.75, 3.05) is 13.7 Å². The normalized spacial score (nSPS) is 20.6. The van der Waals surface area contributed by atoms with E-state index < -0.39 is 13.3 Å². The van der Waals surface area contributed by atoms with Gasteiger partial charge < -0.3 is 14.0 Å². The SMILES string of the molecule is CCOP1(=O)C(/C=C/C(=O)OC)=COc2ccc(C)cc21. The number of allylic oxidation sites excluding steroid dienone is 2. The van der Waals surface area contributed by atoms with E-state index in [-0.39, 0.29) is 6.61 Å². The van der Waals surface area contributed by atoms with Crippen molar-refractivity contribution >= 4 is 18.6 Å². The molecule has 0 N–H and O–H groups in total. The van der Waals surface area contributed by atoms with Gasteiger partial charge in [-0.25, -0.2) is 4.79 Å². The number of rotatable bonds is 4. The number of aryl methyl sites for hydroxylation is 1. The fourth-order valence-electron chi connectivity index (χ4n) is 1.97. The molecule has 0 amide bonds. The lowest BCUT2D eigenvalue weighted by molar-refractivity contribution is -0.134. The number of hydrogen-bond donors (Lipinski definition) is 0. The second-order valence-corrected chi connectivity index (χ2v) is 6.82. The van der Waals surface area contributed by atoms with Gasteiger partial charge in [0.05, 0.1) is 24.3 Å². The van der Waals surface area contributed by atoms with Crippen molar-refractivity contribution in [3.63, 3.8) is 0 Å². The highest BCUT2D eigenvalue weighted by Crippen LogP contribution is 2.58. The van der Waals surface area contributed by atoms with Crippen molar-refractivity contribution in [3.05, 3.63) is 47.5 Å². The number of carbonyl (C=O) groups is 1. The minimum Gasteiger partial charge on any atom is -0.466 e. The summed E-state index contributed by atoms with van der Waals surface area (Å²) in [5, 5.41) is 0.837. The third-order valence-electron chi connectivity index (χ3n) is 2.98. The molecule has 0 bridgehead atoms. The first kappa shape index (κ1) is 15.5. The topological polar surface area (TPSA) is 61.8 Å². The van der Waals surface area contributed by atoms with Crippen molar-refractivity contribution < 1.29 is 23.4 Å². The van der Waals surface area contributed by atoms with Gasteiger partial charge in [0.25, 0.3) is 7.37 Å². The highest BCUT2D eigenvalue weighted by molar-refractivity contribution is 7.71. The van der Waals surface area contributed by atoms with Crippen molar-refractivity contribution in [1.29, 1.82) is 0 Å². The molecule has 1 aromatic carbocycles. The Morgan fingerprint density at radius 1 is 1.43 bits per heavy atom. The number of benzene rings is 1. The van der Waals surface area contributed by atoms with E-state index in [1.54, 1.807) is 19.1 Å². The predicted octanol–water partition coefficient (Wildman–Crippen LogP) is 2.90. The van der Waals surface area contributed by atoms with Gasteiger partial charge >= 0.3 is 5.97 Å². The Bertz CT molecular complexity index is 660. The van der Waals surface area contributed by atoms with E-state index in [0.717, 1.165) is 5.56 Å². The van der Waals surface area contributed by atoms with Crippen LogP contribution in [0.5, 0.6) is 5.75 Å². The van der Waals surface area contributed by atoms with Crippen LogP contribution in [0.4, 0.5) is 0 Å². The molecule has 0 fully saturated rings. The van der Waals surface area contributed by atoms with Crippen LogP contribution in [0.2, 0.25) is 0 Å². The van der Waals surface area contributed by atoms with E-state index in [1.807, 2.05) is 13.0 Å². The Kier molecular flexibility index (Phi) is 4.66. The van der Waals surface area contributed by atoms with Gasteiger partial charge in [-0.15, -0.1) is 0 Å². The third-order valence-corrected chi connectivity index (χ3v) is 5.52. The molecule has 0 radical (unpaired) electrons. The highest BCUT2D eigenvalue weighted by atomic mass is 31.2. The van der Waals surface area contributed by atoms with Gasteiger partial charge in [0.15, 0.2) is 0 Å². The Labute approximate surface area is 123 Å². The van der Waals surface area contributed by atoms with Crippen LogP contribution in [0.25, 0.3) is 0 Å². The van der Waals surface area contributed by atoms with Gasteiger partial charge in [-0.05, 0) is 32.1 Å². The second-order valence-electron chi connectivity index (χ2n) is 4.46. The summed E-state index contributed by atoms with van der Waals surface area (Å²) in [6, 6.07) is 5.41. The maximum absolute atomic E-state index is 13.3. The summed E-state index contributed by atoms with van der Waals surface area (Å²) in [6.07, 6.45) is 3.96.